The monoisotopic (exact) mass is 527 g/mol. The normalized spacial score (nSPS) is 15.3. The van der Waals surface area contributed by atoms with Gasteiger partial charge in [-0.3, -0.25) is 4.90 Å². The second kappa shape index (κ2) is 9.35. The topological polar surface area (TPSA) is 37.4 Å². The number of hydrogen-bond donors (Lipinski definition) is 0. The molecule has 1 unspecified atom stereocenters. The largest absolute Gasteiger partial charge is 0.284 e. The summed E-state index contributed by atoms with van der Waals surface area (Å²) in [5.74, 6) is -1.68. The molecule has 9 heteroatoms. The fraction of sp³-hybridized carbons (Fsp3) is 0.167. The highest BCUT2D eigenvalue weighted by atomic mass is 35.5. The lowest BCUT2D eigenvalue weighted by Crippen LogP contribution is -2.44. The molecule has 3 nitrogen and oxygen atoms in total. The highest BCUT2D eigenvalue weighted by molar-refractivity contribution is 8.00. The molecule has 33 heavy (non-hydrogen) atoms. The van der Waals surface area contributed by atoms with E-state index in [4.69, 9.17) is 34.8 Å². The average molecular weight is 529 g/mol. The number of nitrogens with zero attached hydrogens (tertiary/aromatic N) is 1. The van der Waals surface area contributed by atoms with Crippen LogP contribution in [0, 0.1) is 11.6 Å². The molecule has 0 N–H and O–H groups in total. The molecule has 3 aromatic rings. The summed E-state index contributed by atoms with van der Waals surface area (Å²) in [5, 5.41) is 1.54. The predicted molar refractivity (Wildman–Crippen MR) is 129 cm³/mol. The van der Waals surface area contributed by atoms with Crippen LogP contribution in [0.25, 0.3) is 4.91 Å². The van der Waals surface area contributed by atoms with Crippen molar-refractivity contribution in [2.45, 2.75) is 6.04 Å². The zero-order valence-electron chi connectivity index (χ0n) is 17.3. The fourth-order valence-corrected chi connectivity index (χ4v) is 5.93. The Balaban J connectivity index is 1.77. The van der Waals surface area contributed by atoms with Crippen LogP contribution >= 0.6 is 34.8 Å². The molecule has 4 rings (SSSR count). The lowest BCUT2D eigenvalue weighted by atomic mass is 9.92. The number of sulfone groups is 1. The van der Waals surface area contributed by atoms with Gasteiger partial charge in [0.2, 0.25) is 0 Å². The lowest BCUT2D eigenvalue weighted by Gasteiger charge is -2.42. The minimum absolute atomic E-state index is 0.00258. The van der Waals surface area contributed by atoms with Crippen LogP contribution in [0.4, 0.5) is 8.78 Å². The first-order valence-electron chi connectivity index (χ1n) is 9.86. The smallest absolute Gasteiger partial charge is 0.176 e. The van der Waals surface area contributed by atoms with Crippen LogP contribution in [0.5, 0.6) is 0 Å². The van der Waals surface area contributed by atoms with Gasteiger partial charge >= 0.3 is 0 Å². The summed E-state index contributed by atoms with van der Waals surface area (Å²) in [4.78, 5) is 1.96. The van der Waals surface area contributed by atoms with Crippen molar-refractivity contribution < 1.29 is 17.2 Å². The third-order valence-corrected chi connectivity index (χ3v) is 7.49. The van der Waals surface area contributed by atoms with E-state index in [9.17, 15) is 17.2 Å². The van der Waals surface area contributed by atoms with Crippen LogP contribution < -0.4 is 0 Å². The molecule has 0 radical (unpaired) electrons. The highest BCUT2D eigenvalue weighted by Crippen LogP contribution is 2.41. The molecule has 0 bridgehead atoms. The number of benzene rings is 3. The Morgan fingerprint density at radius 3 is 2.00 bits per heavy atom. The summed E-state index contributed by atoms with van der Waals surface area (Å²) >= 11 is 18.6. The molecule has 0 aliphatic carbocycles. The van der Waals surface area contributed by atoms with Crippen LogP contribution in [-0.4, -0.2) is 32.7 Å². The molecule has 0 saturated carbocycles. The van der Waals surface area contributed by atoms with E-state index in [0.717, 1.165) is 29.5 Å². The molecule has 172 valence electrons. The van der Waals surface area contributed by atoms with Crippen LogP contribution in [0.15, 0.2) is 66.2 Å². The number of likely N-dealkylation sites (tertiary alicyclic amines) is 1. The standard InChI is InChI=1S/C24H18Cl3F2NO2S/c1-33(31,32)24(15-8-19(28)11-20(29)9-15)16-12-30(13-16)23(14-2-4-17(25)5-3-14)21-7-6-18(26)10-22(21)27/h2-11,23H,12-13H2,1H3. The van der Waals surface area contributed by atoms with Gasteiger partial charge in [0.05, 0.1) is 10.9 Å². The molecule has 0 amide bonds. The van der Waals surface area contributed by atoms with Gasteiger partial charge in [-0.05, 0) is 58.7 Å². The van der Waals surface area contributed by atoms with Gasteiger partial charge in [0.15, 0.2) is 9.84 Å². The van der Waals surface area contributed by atoms with E-state index >= 15 is 0 Å². The fourth-order valence-electron chi connectivity index (χ4n) is 4.09. The van der Waals surface area contributed by atoms with Crippen LogP contribution in [0.3, 0.4) is 0 Å². The zero-order valence-corrected chi connectivity index (χ0v) is 20.4. The number of hydrogen-bond acceptors (Lipinski definition) is 3. The van der Waals surface area contributed by atoms with Gasteiger partial charge in [-0.2, -0.15) is 0 Å². The van der Waals surface area contributed by atoms with Gasteiger partial charge < -0.3 is 0 Å². The summed E-state index contributed by atoms with van der Waals surface area (Å²) in [7, 11) is -3.75. The molecule has 0 spiro atoms. The Bertz CT molecular complexity index is 1330. The Labute approximate surface area is 206 Å². The zero-order chi connectivity index (χ0) is 23.9. The van der Waals surface area contributed by atoms with Gasteiger partial charge in [0.25, 0.3) is 0 Å². The van der Waals surface area contributed by atoms with Crippen molar-refractivity contribution in [2.24, 2.45) is 0 Å². The maximum atomic E-state index is 13.8. The lowest BCUT2D eigenvalue weighted by molar-refractivity contribution is 0.203. The molecule has 3 aromatic carbocycles. The van der Waals surface area contributed by atoms with Crippen molar-refractivity contribution >= 4 is 49.5 Å². The number of rotatable bonds is 5. The van der Waals surface area contributed by atoms with E-state index in [1.165, 1.54) is 0 Å². The van der Waals surface area contributed by atoms with E-state index in [1.54, 1.807) is 24.3 Å². The molecule has 1 fully saturated rings. The maximum absolute atomic E-state index is 13.8. The maximum Gasteiger partial charge on any atom is 0.176 e. The van der Waals surface area contributed by atoms with Crippen molar-refractivity contribution in [1.29, 1.82) is 0 Å². The van der Waals surface area contributed by atoms with Crippen molar-refractivity contribution in [3.63, 3.8) is 0 Å². The van der Waals surface area contributed by atoms with E-state index in [0.29, 0.717) is 26.7 Å². The van der Waals surface area contributed by atoms with E-state index < -0.39 is 21.5 Å². The first-order chi connectivity index (χ1) is 15.5. The van der Waals surface area contributed by atoms with Crippen molar-refractivity contribution in [3.05, 3.63) is 110 Å². The summed E-state index contributed by atoms with van der Waals surface area (Å²) in [6.45, 7) is 0.541. The quantitative estimate of drug-likeness (QED) is 0.366. The minimum atomic E-state index is -3.75. The van der Waals surface area contributed by atoms with E-state index in [1.807, 2.05) is 23.1 Å². The van der Waals surface area contributed by atoms with Gasteiger partial charge in [-0.15, -0.1) is 0 Å². The summed E-state index contributed by atoms with van der Waals surface area (Å²) in [6, 6.07) is 15.0. The third kappa shape index (κ3) is 5.26. The Hall–Kier alpha value is -1.96. The van der Waals surface area contributed by atoms with Crippen LogP contribution in [0.2, 0.25) is 15.1 Å². The van der Waals surface area contributed by atoms with Crippen molar-refractivity contribution in [1.82, 2.24) is 4.90 Å². The molecule has 1 atom stereocenters. The Kier molecular flexibility index (Phi) is 6.85. The Morgan fingerprint density at radius 2 is 1.45 bits per heavy atom. The van der Waals surface area contributed by atoms with E-state index in [-0.39, 0.29) is 29.6 Å². The van der Waals surface area contributed by atoms with Gasteiger partial charge in [-0.25, -0.2) is 17.2 Å². The molecule has 1 saturated heterocycles. The highest BCUT2D eigenvalue weighted by Gasteiger charge is 2.35. The molecule has 1 aliphatic rings. The molecular formula is C24H18Cl3F2NO2S. The third-order valence-electron chi connectivity index (χ3n) is 5.41. The molecule has 0 aromatic heterocycles. The van der Waals surface area contributed by atoms with Gasteiger partial charge in [-0.1, -0.05) is 53.0 Å². The predicted octanol–water partition coefficient (Wildman–Crippen LogP) is 6.79. The van der Waals surface area contributed by atoms with Crippen molar-refractivity contribution in [2.75, 3.05) is 19.3 Å². The molecular weight excluding hydrogens is 511 g/mol. The van der Waals surface area contributed by atoms with Gasteiger partial charge in [0.1, 0.15) is 11.6 Å². The minimum Gasteiger partial charge on any atom is -0.284 e. The van der Waals surface area contributed by atoms with Gasteiger partial charge in [0, 0.05) is 40.5 Å². The average Bonchev–Trinajstić information content (AvgIpc) is 2.66. The number of halogens is 5. The first kappa shape index (κ1) is 24.2. The Morgan fingerprint density at radius 1 is 0.879 bits per heavy atom. The second-order valence-corrected chi connectivity index (χ2v) is 11.1. The summed E-state index contributed by atoms with van der Waals surface area (Å²) in [6.07, 6.45) is 1.04. The van der Waals surface area contributed by atoms with Crippen LogP contribution in [0.1, 0.15) is 22.7 Å². The van der Waals surface area contributed by atoms with E-state index in [2.05, 4.69) is 0 Å². The summed E-state index contributed by atoms with van der Waals surface area (Å²) < 4.78 is 52.8. The SMILES string of the molecule is CS(=O)(=O)C(=C1CN(C(c2ccc(Cl)cc2)c2ccc(Cl)cc2Cl)C1)c1cc(F)cc(F)c1. The molecule has 1 aliphatic heterocycles. The summed E-state index contributed by atoms with van der Waals surface area (Å²) in [5.41, 5.74) is 2.25. The molecule has 1 heterocycles. The second-order valence-electron chi connectivity index (χ2n) is 7.89. The van der Waals surface area contributed by atoms with Crippen LogP contribution in [-0.2, 0) is 9.84 Å². The first-order valence-corrected chi connectivity index (χ1v) is 12.9. The van der Waals surface area contributed by atoms with Crippen molar-refractivity contribution in [3.8, 4) is 0 Å².